The first kappa shape index (κ1) is 15.3. The van der Waals surface area contributed by atoms with Crippen LogP contribution in [0.5, 0.6) is 0 Å². The fourth-order valence-corrected chi connectivity index (χ4v) is 4.32. The van der Waals surface area contributed by atoms with Crippen LogP contribution >= 0.6 is 11.3 Å². The highest BCUT2D eigenvalue weighted by Crippen LogP contribution is 2.34. The molecule has 2 fully saturated rings. The third-order valence-corrected chi connectivity index (χ3v) is 5.62. The molecule has 2 aliphatic heterocycles. The summed E-state index contributed by atoms with van der Waals surface area (Å²) in [6, 6.07) is 1.78. The number of nitrogens with one attached hydrogen (secondary N) is 1. The smallest absolute Gasteiger partial charge is 0.274 e. The van der Waals surface area contributed by atoms with Crippen molar-refractivity contribution >= 4 is 23.2 Å². The van der Waals surface area contributed by atoms with Crippen LogP contribution in [0.1, 0.15) is 39.7 Å². The molecule has 0 spiro atoms. The first-order valence-corrected chi connectivity index (χ1v) is 8.94. The molecule has 24 heavy (non-hydrogen) atoms. The van der Waals surface area contributed by atoms with E-state index < -0.39 is 0 Å². The fourth-order valence-electron chi connectivity index (χ4n) is 3.72. The highest BCUT2D eigenvalue weighted by molar-refractivity contribution is 7.09. The number of aromatic nitrogens is 3. The summed E-state index contributed by atoms with van der Waals surface area (Å²) < 4.78 is 0. The van der Waals surface area contributed by atoms with E-state index in [1.54, 1.807) is 17.4 Å². The lowest BCUT2D eigenvalue weighted by atomic mass is 10.1. The molecule has 0 unspecified atom stereocenters. The van der Waals surface area contributed by atoms with Crippen molar-refractivity contribution in [2.24, 2.45) is 0 Å². The molecule has 2 aromatic heterocycles. The molecule has 0 aromatic carbocycles. The summed E-state index contributed by atoms with van der Waals surface area (Å²) in [6.45, 7) is 5.03. The number of thiazole rings is 1. The average molecular weight is 345 g/mol. The molecule has 2 saturated heterocycles. The maximum Gasteiger partial charge on any atom is 0.274 e. The molecular weight excluding hydrogens is 326 g/mol. The van der Waals surface area contributed by atoms with E-state index in [1.807, 2.05) is 29.0 Å². The van der Waals surface area contributed by atoms with E-state index >= 15 is 0 Å². The minimum Gasteiger partial charge on any atom is -0.332 e. The number of aryl methyl sites for hydroxylation is 2. The van der Waals surface area contributed by atoms with Gasteiger partial charge in [-0.1, -0.05) is 0 Å². The van der Waals surface area contributed by atoms with Gasteiger partial charge < -0.3 is 9.80 Å². The molecule has 126 valence electrons. The minimum atomic E-state index is -0.0917. The lowest BCUT2D eigenvalue weighted by Crippen LogP contribution is -2.39. The summed E-state index contributed by atoms with van der Waals surface area (Å²) in [4.78, 5) is 33.3. The topological polar surface area (TPSA) is 82.2 Å². The molecule has 7 nitrogen and oxygen atoms in total. The maximum absolute atomic E-state index is 12.7. The molecule has 2 aromatic rings. The van der Waals surface area contributed by atoms with Crippen LogP contribution in [-0.2, 0) is 11.3 Å². The number of rotatable bonds is 3. The highest BCUT2D eigenvalue weighted by atomic mass is 32.1. The van der Waals surface area contributed by atoms with E-state index in [-0.39, 0.29) is 23.9 Å². The fraction of sp³-hybridized carbons (Fsp3) is 0.500. The number of H-pyrrole nitrogens is 1. The molecule has 4 heterocycles. The Morgan fingerprint density at radius 1 is 1.42 bits per heavy atom. The predicted molar refractivity (Wildman–Crippen MR) is 88.6 cm³/mol. The van der Waals surface area contributed by atoms with Crippen LogP contribution in [0.2, 0.25) is 0 Å². The maximum atomic E-state index is 12.7. The molecule has 2 aliphatic rings. The number of hydrogen-bond donors (Lipinski definition) is 1. The van der Waals surface area contributed by atoms with Crippen LogP contribution in [0.3, 0.4) is 0 Å². The highest BCUT2D eigenvalue weighted by Gasteiger charge is 2.48. The van der Waals surface area contributed by atoms with Crippen LogP contribution in [0, 0.1) is 13.8 Å². The van der Waals surface area contributed by atoms with Crippen molar-refractivity contribution in [3.05, 3.63) is 33.5 Å². The molecule has 4 rings (SSSR count). The molecule has 0 bridgehead atoms. The zero-order chi connectivity index (χ0) is 16.8. The average Bonchev–Trinajstić information content (AvgIpc) is 3.28. The van der Waals surface area contributed by atoms with Crippen LogP contribution in [-0.4, -0.2) is 55.4 Å². The van der Waals surface area contributed by atoms with Gasteiger partial charge in [0, 0.05) is 24.0 Å². The lowest BCUT2D eigenvalue weighted by molar-refractivity contribution is -0.129. The van der Waals surface area contributed by atoms with Crippen LogP contribution in [0.4, 0.5) is 0 Å². The van der Waals surface area contributed by atoms with Gasteiger partial charge in [0.25, 0.3) is 5.91 Å². The summed E-state index contributed by atoms with van der Waals surface area (Å²) in [6.07, 6.45) is 1.21. The molecule has 0 saturated carbocycles. The summed E-state index contributed by atoms with van der Waals surface area (Å²) in [5.41, 5.74) is 2.21. The summed E-state index contributed by atoms with van der Waals surface area (Å²) in [5.74, 6) is 0.0114. The molecular formula is C16H19N5O2S. The molecule has 2 amide bonds. The van der Waals surface area contributed by atoms with Gasteiger partial charge in [0.05, 0.1) is 29.3 Å². The number of aromatic amines is 1. The second-order valence-electron chi connectivity index (χ2n) is 6.44. The minimum absolute atomic E-state index is 0.0539. The van der Waals surface area contributed by atoms with Crippen LogP contribution in [0.25, 0.3) is 0 Å². The van der Waals surface area contributed by atoms with Gasteiger partial charge in [0.15, 0.2) is 0 Å². The molecule has 2 atom stereocenters. The van der Waals surface area contributed by atoms with E-state index in [2.05, 4.69) is 15.2 Å². The van der Waals surface area contributed by atoms with Crippen LogP contribution < -0.4 is 0 Å². The zero-order valence-electron chi connectivity index (χ0n) is 13.7. The van der Waals surface area contributed by atoms with Gasteiger partial charge in [-0.05, 0) is 26.3 Å². The Morgan fingerprint density at radius 2 is 2.25 bits per heavy atom. The van der Waals surface area contributed by atoms with E-state index in [0.717, 1.165) is 22.8 Å². The second kappa shape index (κ2) is 5.70. The largest absolute Gasteiger partial charge is 0.332 e. The van der Waals surface area contributed by atoms with Crippen molar-refractivity contribution in [3.63, 3.8) is 0 Å². The van der Waals surface area contributed by atoms with E-state index in [4.69, 9.17) is 0 Å². The molecule has 0 radical (unpaired) electrons. The van der Waals surface area contributed by atoms with Crippen molar-refractivity contribution in [1.29, 1.82) is 0 Å². The lowest BCUT2D eigenvalue weighted by Gasteiger charge is -2.24. The van der Waals surface area contributed by atoms with E-state index in [0.29, 0.717) is 25.2 Å². The Balaban J connectivity index is 1.51. The number of hydrogen-bond acceptors (Lipinski definition) is 5. The Labute approximate surface area is 143 Å². The Bertz CT molecular complexity index is 798. The van der Waals surface area contributed by atoms with Gasteiger partial charge in [-0.2, -0.15) is 5.10 Å². The molecule has 0 aliphatic carbocycles. The van der Waals surface area contributed by atoms with Gasteiger partial charge in [0.2, 0.25) is 5.91 Å². The second-order valence-corrected chi connectivity index (χ2v) is 7.50. The third kappa shape index (κ3) is 2.50. The number of fused-ring (bicyclic) bond motifs is 1. The summed E-state index contributed by atoms with van der Waals surface area (Å²) >= 11 is 1.59. The van der Waals surface area contributed by atoms with Crippen molar-refractivity contribution in [1.82, 2.24) is 25.0 Å². The standard InChI is InChI=1S/C16H19N5O2S/c1-9-5-12(19-18-9)16(23)20-4-3-13-14(20)6-15(22)21(13)7-11-8-24-10(2)17-11/h5,8,13-14H,3-4,6-7H2,1-2H3,(H,18,19)/t13-,14+/m1/s1. The van der Waals surface area contributed by atoms with Gasteiger partial charge in [-0.3, -0.25) is 14.7 Å². The van der Waals surface area contributed by atoms with E-state index in [9.17, 15) is 9.59 Å². The zero-order valence-corrected chi connectivity index (χ0v) is 14.5. The van der Waals surface area contributed by atoms with Crippen molar-refractivity contribution in [3.8, 4) is 0 Å². The number of carbonyl (C=O) groups excluding carboxylic acids is 2. The number of nitrogens with zero attached hydrogens (tertiary/aromatic N) is 4. The third-order valence-electron chi connectivity index (χ3n) is 4.80. The molecule has 1 N–H and O–H groups in total. The SMILES string of the molecule is Cc1cc(C(=O)N2CC[C@@H]3[C@@H]2CC(=O)N3Cc2csc(C)n2)n[nH]1. The van der Waals surface area contributed by atoms with E-state index in [1.165, 1.54) is 0 Å². The molecule has 8 heteroatoms. The van der Waals surface area contributed by atoms with Gasteiger partial charge >= 0.3 is 0 Å². The number of likely N-dealkylation sites (tertiary alicyclic amines) is 2. The normalized spacial score (nSPS) is 23.2. The Morgan fingerprint density at radius 3 is 2.92 bits per heavy atom. The monoisotopic (exact) mass is 345 g/mol. The van der Waals surface area contributed by atoms with Gasteiger partial charge in [-0.15, -0.1) is 11.3 Å². The summed E-state index contributed by atoms with van der Waals surface area (Å²) in [5, 5.41) is 9.87. The summed E-state index contributed by atoms with van der Waals surface area (Å²) in [7, 11) is 0. The first-order valence-electron chi connectivity index (χ1n) is 8.06. The van der Waals surface area contributed by atoms with Crippen molar-refractivity contribution < 1.29 is 9.59 Å². The van der Waals surface area contributed by atoms with Gasteiger partial charge in [-0.25, -0.2) is 4.98 Å². The number of amides is 2. The van der Waals surface area contributed by atoms with Gasteiger partial charge in [0.1, 0.15) is 5.69 Å². The van der Waals surface area contributed by atoms with Crippen molar-refractivity contribution in [2.45, 2.75) is 45.3 Å². The first-order chi connectivity index (χ1) is 11.5. The Kier molecular flexibility index (Phi) is 3.64. The predicted octanol–water partition coefficient (Wildman–Crippen LogP) is 1.50. The van der Waals surface area contributed by atoms with Crippen LogP contribution in [0.15, 0.2) is 11.4 Å². The number of carbonyl (C=O) groups is 2. The quantitative estimate of drug-likeness (QED) is 0.914. The van der Waals surface area contributed by atoms with Crippen molar-refractivity contribution in [2.75, 3.05) is 6.54 Å². The Hall–Kier alpha value is -2.22.